The van der Waals surface area contributed by atoms with E-state index in [0.29, 0.717) is 11.4 Å². The van der Waals surface area contributed by atoms with Gasteiger partial charge in [-0.15, -0.1) is 0 Å². The van der Waals surface area contributed by atoms with Crippen molar-refractivity contribution in [2.24, 2.45) is 0 Å². The second-order valence-electron chi connectivity index (χ2n) is 7.13. The highest BCUT2D eigenvalue weighted by Gasteiger charge is 2.47. The van der Waals surface area contributed by atoms with Gasteiger partial charge in [0.15, 0.2) is 6.04 Å². The lowest BCUT2D eigenvalue weighted by Gasteiger charge is -2.32. The largest absolute Gasteiger partial charge is 0.467 e. The van der Waals surface area contributed by atoms with Crippen molar-refractivity contribution in [3.8, 4) is 0 Å². The van der Waals surface area contributed by atoms with Gasteiger partial charge in [-0.2, -0.15) is 18.3 Å². The van der Waals surface area contributed by atoms with E-state index in [9.17, 15) is 18.0 Å². The van der Waals surface area contributed by atoms with Crippen molar-refractivity contribution in [3.63, 3.8) is 0 Å². The van der Waals surface area contributed by atoms with Crippen LogP contribution in [0.2, 0.25) is 0 Å². The van der Waals surface area contributed by atoms with Gasteiger partial charge < -0.3 is 15.1 Å². The summed E-state index contributed by atoms with van der Waals surface area (Å²) in [5.41, 5.74) is 2.52. The summed E-state index contributed by atoms with van der Waals surface area (Å²) in [5, 5.41) is 9.60. The maximum Gasteiger partial charge on any atom is 0.410 e. The van der Waals surface area contributed by atoms with E-state index in [2.05, 4.69) is 15.7 Å². The summed E-state index contributed by atoms with van der Waals surface area (Å²) in [6.07, 6.45) is -2.25. The van der Waals surface area contributed by atoms with Crippen LogP contribution in [0.5, 0.6) is 0 Å². The average molecular weight is 404 g/mol. The molecule has 1 aromatic carbocycles. The van der Waals surface area contributed by atoms with Gasteiger partial charge >= 0.3 is 6.18 Å². The lowest BCUT2D eigenvalue weighted by Crippen LogP contribution is -2.36. The first-order valence-corrected chi connectivity index (χ1v) is 9.07. The van der Waals surface area contributed by atoms with Crippen molar-refractivity contribution < 1.29 is 22.4 Å². The minimum absolute atomic E-state index is 0.0160. The summed E-state index contributed by atoms with van der Waals surface area (Å²) < 4.78 is 47.1. The molecular formula is C20H19F3N4O2. The summed E-state index contributed by atoms with van der Waals surface area (Å²) >= 11 is 0. The Balaban J connectivity index is 1.69. The summed E-state index contributed by atoms with van der Waals surface area (Å²) in [4.78, 5) is 12.8. The van der Waals surface area contributed by atoms with Crippen molar-refractivity contribution in [2.45, 2.75) is 38.5 Å². The molecule has 0 bridgehead atoms. The number of hydrogen-bond acceptors (Lipinski definition) is 4. The third-order valence-corrected chi connectivity index (χ3v) is 5.00. The molecule has 6 nitrogen and oxygen atoms in total. The molecule has 2 aromatic heterocycles. The lowest BCUT2D eigenvalue weighted by molar-refractivity contribution is -0.174. The van der Waals surface area contributed by atoms with E-state index in [1.54, 1.807) is 18.2 Å². The first kappa shape index (κ1) is 19.1. The Hall–Kier alpha value is -3.23. The third kappa shape index (κ3) is 3.59. The predicted octanol–water partition coefficient (Wildman–Crippen LogP) is 5.01. The molecule has 3 aromatic rings. The number of amides is 1. The highest BCUT2D eigenvalue weighted by atomic mass is 19.4. The number of nitrogens with zero attached hydrogens (tertiary/aromatic N) is 2. The number of alkyl halides is 3. The van der Waals surface area contributed by atoms with Crippen LogP contribution in [0.25, 0.3) is 0 Å². The zero-order valence-electron chi connectivity index (χ0n) is 15.7. The van der Waals surface area contributed by atoms with Gasteiger partial charge in [0.2, 0.25) is 0 Å². The number of carbonyl (C=O) groups excluding carboxylic acids is 1. The summed E-state index contributed by atoms with van der Waals surface area (Å²) in [5.74, 6) is -0.151. The summed E-state index contributed by atoms with van der Waals surface area (Å²) in [6, 6.07) is 6.14. The first-order chi connectivity index (χ1) is 13.7. The van der Waals surface area contributed by atoms with Gasteiger partial charge in [0.1, 0.15) is 17.1 Å². The van der Waals surface area contributed by atoms with Gasteiger partial charge in [-0.05, 0) is 37.6 Å². The van der Waals surface area contributed by atoms with Gasteiger partial charge in [-0.1, -0.05) is 17.7 Å². The number of rotatable bonds is 3. The Bertz CT molecular complexity index is 1040. The fourth-order valence-electron chi connectivity index (χ4n) is 3.55. The minimum Gasteiger partial charge on any atom is -0.467 e. The fourth-order valence-corrected chi connectivity index (χ4v) is 3.55. The number of aromatic nitrogens is 2. The van der Waals surface area contributed by atoms with Crippen LogP contribution in [-0.2, 0) is 0 Å². The monoisotopic (exact) mass is 404 g/mol. The topological polar surface area (TPSA) is 72.1 Å². The van der Waals surface area contributed by atoms with Crippen molar-refractivity contribution in [3.05, 3.63) is 65.2 Å². The van der Waals surface area contributed by atoms with E-state index in [4.69, 9.17) is 4.42 Å². The Kier molecular flexibility index (Phi) is 4.60. The van der Waals surface area contributed by atoms with Gasteiger partial charge in [0.05, 0.1) is 18.5 Å². The van der Waals surface area contributed by atoms with Crippen LogP contribution in [0.1, 0.15) is 45.7 Å². The molecule has 0 spiro atoms. The van der Waals surface area contributed by atoms with Gasteiger partial charge in [-0.25, -0.2) is 4.68 Å². The molecule has 0 saturated heterocycles. The van der Waals surface area contributed by atoms with Gasteiger partial charge in [-0.3, -0.25) is 4.79 Å². The highest BCUT2D eigenvalue weighted by molar-refractivity contribution is 6.07. The second-order valence-corrected chi connectivity index (χ2v) is 7.13. The number of halogens is 3. The van der Waals surface area contributed by atoms with E-state index in [-0.39, 0.29) is 17.8 Å². The van der Waals surface area contributed by atoms with Crippen molar-refractivity contribution in [1.82, 2.24) is 9.78 Å². The zero-order chi connectivity index (χ0) is 20.8. The average Bonchev–Trinajstić information content (AvgIpc) is 3.31. The molecule has 9 heteroatoms. The Morgan fingerprint density at radius 1 is 1.31 bits per heavy atom. The molecule has 4 rings (SSSR count). The molecule has 0 aliphatic carbocycles. The third-order valence-electron chi connectivity index (χ3n) is 5.00. The van der Waals surface area contributed by atoms with Crippen molar-refractivity contribution in [2.75, 3.05) is 10.6 Å². The summed E-state index contributed by atoms with van der Waals surface area (Å²) in [7, 11) is 0. The van der Waals surface area contributed by atoms with Crippen molar-refractivity contribution in [1.29, 1.82) is 0 Å². The molecule has 1 aliphatic rings. The van der Waals surface area contributed by atoms with Crippen LogP contribution in [0.15, 0.2) is 47.2 Å². The van der Waals surface area contributed by atoms with E-state index in [1.807, 2.05) is 26.0 Å². The van der Waals surface area contributed by atoms with Gasteiger partial charge in [0, 0.05) is 12.1 Å². The summed E-state index contributed by atoms with van der Waals surface area (Å²) in [6.45, 7) is 3.78. The quantitative estimate of drug-likeness (QED) is 0.644. The number of aryl methyl sites for hydroxylation is 2. The molecule has 2 unspecified atom stereocenters. The lowest BCUT2D eigenvalue weighted by atomic mass is 10.0. The first-order valence-electron chi connectivity index (χ1n) is 9.07. The standard InChI is InChI=1S/C20H19F3N4O2/c1-11-5-6-14(12(2)8-11)26-19(28)13-10-24-27-17(20(21,22)23)9-15(25-18(13)27)16-4-3-7-29-16/h3-8,10,15,17,25H,9H2,1-2H3,(H,26,28). The number of nitrogens with one attached hydrogen (secondary N) is 2. The number of fused-ring (bicyclic) bond motifs is 1. The van der Waals surface area contributed by atoms with Crippen LogP contribution < -0.4 is 10.6 Å². The number of benzene rings is 1. The normalized spacial score (nSPS) is 18.8. The molecule has 29 heavy (non-hydrogen) atoms. The molecule has 0 fully saturated rings. The number of anilines is 2. The van der Waals surface area contributed by atoms with Crippen LogP contribution >= 0.6 is 0 Å². The molecule has 2 atom stereocenters. The molecule has 152 valence electrons. The Morgan fingerprint density at radius 3 is 2.76 bits per heavy atom. The minimum atomic E-state index is -4.52. The Labute approximate surface area is 164 Å². The zero-order valence-corrected chi connectivity index (χ0v) is 15.7. The van der Waals surface area contributed by atoms with E-state index in [0.717, 1.165) is 22.0 Å². The van der Waals surface area contributed by atoms with Crippen LogP contribution in [0, 0.1) is 13.8 Å². The number of carbonyl (C=O) groups is 1. The SMILES string of the molecule is Cc1ccc(NC(=O)c2cnn3c2NC(c2ccco2)CC3C(F)(F)F)c(C)c1. The number of furan rings is 1. The van der Waals surface area contributed by atoms with Crippen LogP contribution in [0.4, 0.5) is 24.7 Å². The maximum absolute atomic E-state index is 13.7. The predicted molar refractivity (Wildman–Crippen MR) is 101 cm³/mol. The molecule has 1 amide bonds. The highest BCUT2D eigenvalue weighted by Crippen LogP contribution is 2.44. The molecule has 0 radical (unpaired) electrons. The Morgan fingerprint density at radius 2 is 2.10 bits per heavy atom. The molecule has 3 heterocycles. The van der Waals surface area contributed by atoms with Gasteiger partial charge in [0.25, 0.3) is 5.91 Å². The van der Waals surface area contributed by atoms with Crippen LogP contribution in [-0.4, -0.2) is 21.9 Å². The molecule has 2 N–H and O–H groups in total. The second kappa shape index (κ2) is 6.98. The van der Waals surface area contributed by atoms with E-state index < -0.39 is 24.2 Å². The maximum atomic E-state index is 13.7. The van der Waals surface area contributed by atoms with Crippen molar-refractivity contribution >= 4 is 17.4 Å². The van der Waals surface area contributed by atoms with E-state index in [1.165, 1.54) is 6.26 Å². The number of hydrogen-bond donors (Lipinski definition) is 2. The van der Waals surface area contributed by atoms with E-state index >= 15 is 0 Å². The molecule has 1 aliphatic heterocycles. The molecule has 0 saturated carbocycles. The fraction of sp³-hybridized carbons (Fsp3) is 0.300. The van der Waals surface area contributed by atoms with Crippen LogP contribution in [0.3, 0.4) is 0 Å². The molecular weight excluding hydrogens is 385 g/mol. The smallest absolute Gasteiger partial charge is 0.410 e.